The average Bonchev–Trinajstić information content (AvgIpc) is 2.27. The standard InChI is InChI=1S/C14H22O/c1-3-4-5-14(11-15)10-13-8-6-12(2)7-9-13/h6-9,14-15H,3-5,10-11H2,1-2H3. The first-order valence-electron chi connectivity index (χ1n) is 5.92. The predicted molar refractivity (Wildman–Crippen MR) is 65.0 cm³/mol. The van der Waals surface area contributed by atoms with Crippen LogP contribution < -0.4 is 0 Å². The normalized spacial score (nSPS) is 12.7. The first-order valence-corrected chi connectivity index (χ1v) is 5.92. The van der Waals surface area contributed by atoms with Crippen LogP contribution in [0.15, 0.2) is 24.3 Å². The van der Waals surface area contributed by atoms with Gasteiger partial charge < -0.3 is 5.11 Å². The van der Waals surface area contributed by atoms with Gasteiger partial charge in [-0.25, -0.2) is 0 Å². The largest absolute Gasteiger partial charge is 0.396 e. The molecule has 0 aromatic heterocycles. The molecule has 1 rings (SSSR count). The zero-order valence-electron chi connectivity index (χ0n) is 9.87. The van der Waals surface area contributed by atoms with E-state index in [0.29, 0.717) is 12.5 Å². The van der Waals surface area contributed by atoms with Crippen molar-refractivity contribution in [3.8, 4) is 0 Å². The molecule has 0 radical (unpaired) electrons. The number of aliphatic hydroxyl groups excluding tert-OH is 1. The lowest BCUT2D eigenvalue weighted by Crippen LogP contribution is -2.09. The van der Waals surface area contributed by atoms with Gasteiger partial charge in [0.05, 0.1) is 0 Å². The highest BCUT2D eigenvalue weighted by Crippen LogP contribution is 2.15. The number of unbranched alkanes of at least 4 members (excludes halogenated alkanes) is 1. The maximum absolute atomic E-state index is 9.27. The molecule has 0 spiro atoms. The van der Waals surface area contributed by atoms with Gasteiger partial charge in [-0.05, 0) is 31.2 Å². The Morgan fingerprint density at radius 1 is 1.20 bits per heavy atom. The van der Waals surface area contributed by atoms with E-state index in [0.717, 1.165) is 12.8 Å². The second-order valence-electron chi connectivity index (χ2n) is 4.38. The minimum Gasteiger partial charge on any atom is -0.396 e. The van der Waals surface area contributed by atoms with Crippen LogP contribution in [-0.2, 0) is 6.42 Å². The Balaban J connectivity index is 2.47. The zero-order valence-corrected chi connectivity index (χ0v) is 9.87. The molecular weight excluding hydrogens is 184 g/mol. The van der Waals surface area contributed by atoms with Gasteiger partial charge in [0.1, 0.15) is 0 Å². The van der Waals surface area contributed by atoms with Gasteiger partial charge in [-0.1, -0.05) is 49.6 Å². The van der Waals surface area contributed by atoms with E-state index in [1.165, 1.54) is 24.0 Å². The molecule has 0 heterocycles. The van der Waals surface area contributed by atoms with Crippen molar-refractivity contribution in [2.24, 2.45) is 5.92 Å². The summed E-state index contributed by atoms with van der Waals surface area (Å²) < 4.78 is 0. The molecule has 0 aliphatic carbocycles. The molecule has 84 valence electrons. The lowest BCUT2D eigenvalue weighted by atomic mass is 9.94. The number of rotatable bonds is 6. The topological polar surface area (TPSA) is 20.2 Å². The van der Waals surface area contributed by atoms with Gasteiger partial charge in [-0.15, -0.1) is 0 Å². The van der Waals surface area contributed by atoms with E-state index in [1.54, 1.807) is 0 Å². The summed E-state index contributed by atoms with van der Waals surface area (Å²) in [4.78, 5) is 0. The average molecular weight is 206 g/mol. The Hall–Kier alpha value is -0.820. The Bertz CT molecular complexity index is 263. The van der Waals surface area contributed by atoms with Crippen molar-refractivity contribution in [1.29, 1.82) is 0 Å². The van der Waals surface area contributed by atoms with Crippen LogP contribution in [0.2, 0.25) is 0 Å². The van der Waals surface area contributed by atoms with E-state index in [4.69, 9.17) is 0 Å². The fraction of sp³-hybridized carbons (Fsp3) is 0.571. The SMILES string of the molecule is CCCCC(CO)Cc1ccc(C)cc1. The Morgan fingerprint density at radius 2 is 1.87 bits per heavy atom. The van der Waals surface area contributed by atoms with Crippen LogP contribution in [0.3, 0.4) is 0 Å². The third-order valence-electron chi connectivity index (χ3n) is 2.87. The molecule has 0 aliphatic rings. The molecule has 0 fully saturated rings. The molecule has 1 aromatic rings. The fourth-order valence-electron chi connectivity index (χ4n) is 1.81. The van der Waals surface area contributed by atoms with Gasteiger partial charge in [0.2, 0.25) is 0 Å². The Morgan fingerprint density at radius 3 is 2.40 bits per heavy atom. The monoisotopic (exact) mass is 206 g/mol. The quantitative estimate of drug-likeness (QED) is 0.757. The summed E-state index contributed by atoms with van der Waals surface area (Å²) in [5.74, 6) is 0.438. The van der Waals surface area contributed by atoms with Gasteiger partial charge in [-0.2, -0.15) is 0 Å². The molecule has 1 atom stereocenters. The van der Waals surface area contributed by atoms with Crippen molar-refractivity contribution in [1.82, 2.24) is 0 Å². The maximum Gasteiger partial charge on any atom is 0.0462 e. The summed E-state index contributed by atoms with van der Waals surface area (Å²) in [5, 5.41) is 9.27. The van der Waals surface area contributed by atoms with Crippen LogP contribution in [-0.4, -0.2) is 11.7 Å². The van der Waals surface area contributed by atoms with Gasteiger partial charge >= 0.3 is 0 Å². The summed E-state index contributed by atoms with van der Waals surface area (Å²) in [7, 11) is 0. The molecular formula is C14H22O. The zero-order chi connectivity index (χ0) is 11.1. The maximum atomic E-state index is 9.27. The lowest BCUT2D eigenvalue weighted by Gasteiger charge is -2.13. The summed E-state index contributed by atoms with van der Waals surface area (Å²) in [6.07, 6.45) is 4.58. The molecule has 1 aromatic carbocycles. The minimum atomic E-state index is 0.313. The molecule has 0 bridgehead atoms. The van der Waals surface area contributed by atoms with E-state index in [9.17, 15) is 5.11 Å². The molecule has 0 saturated heterocycles. The molecule has 0 amide bonds. The van der Waals surface area contributed by atoms with Gasteiger partial charge in [0.25, 0.3) is 0 Å². The van der Waals surface area contributed by atoms with Crippen LogP contribution in [0.1, 0.15) is 37.3 Å². The molecule has 1 N–H and O–H groups in total. The molecule has 0 saturated carbocycles. The van der Waals surface area contributed by atoms with E-state index in [-0.39, 0.29) is 0 Å². The third-order valence-corrected chi connectivity index (χ3v) is 2.87. The fourth-order valence-corrected chi connectivity index (χ4v) is 1.81. The van der Waals surface area contributed by atoms with Crippen LogP contribution in [0, 0.1) is 12.8 Å². The van der Waals surface area contributed by atoms with E-state index in [1.807, 2.05) is 0 Å². The Kier molecular flexibility index (Phi) is 5.41. The van der Waals surface area contributed by atoms with Crippen molar-refractivity contribution < 1.29 is 5.11 Å². The van der Waals surface area contributed by atoms with Crippen LogP contribution in [0.5, 0.6) is 0 Å². The third kappa shape index (κ3) is 4.48. The molecule has 0 aliphatic heterocycles. The highest BCUT2D eigenvalue weighted by molar-refractivity contribution is 5.21. The number of aryl methyl sites for hydroxylation is 1. The van der Waals surface area contributed by atoms with Crippen molar-refractivity contribution >= 4 is 0 Å². The van der Waals surface area contributed by atoms with Crippen molar-refractivity contribution in [3.05, 3.63) is 35.4 Å². The molecule has 1 nitrogen and oxygen atoms in total. The van der Waals surface area contributed by atoms with E-state index >= 15 is 0 Å². The Labute approximate surface area is 93.1 Å². The van der Waals surface area contributed by atoms with Crippen molar-refractivity contribution in [2.45, 2.75) is 39.5 Å². The van der Waals surface area contributed by atoms with Crippen molar-refractivity contribution in [3.63, 3.8) is 0 Å². The summed E-state index contributed by atoms with van der Waals surface area (Å²) in [6, 6.07) is 8.63. The second-order valence-corrected chi connectivity index (χ2v) is 4.38. The molecule has 1 heteroatoms. The number of hydrogen-bond donors (Lipinski definition) is 1. The summed E-state index contributed by atoms with van der Waals surface area (Å²) in [6.45, 7) is 4.61. The number of hydrogen-bond acceptors (Lipinski definition) is 1. The smallest absolute Gasteiger partial charge is 0.0462 e. The highest BCUT2D eigenvalue weighted by atomic mass is 16.3. The van der Waals surface area contributed by atoms with Crippen molar-refractivity contribution in [2.75, 3.05) is 6.61 Å². The first kappa shape index (κ1) is 12.3. The van der Waals surface area contributed by atoms with Crippen LogP contribution >= 0.6 is 0 Å². The molecule has 15 heavy (non-hydrogen) atoms. The van der Waals surface area contributed by atoms with Gasteiger partial charge in [0.15, 0.2) is 0 Å². The van der Waals surface area contributed by atoms with E-state index < -0.39 is 0 Å². The highest BCUT2D eigenvalue weighted by Gasteiger charge is 2.07. The summed E-state index contributed by atoms with van der Waals surface area (Å²) in [5.41, 5.74) is 2.64. The van der Waals surface area contributed by atoms with Crippen LogP contribution in [0.4, 0.5) is 0 Å². The number of benzene rings is 1. The molecule has 1 unspecified atom stereocenters. The van der Waals surface area contributed by atoms with E-state index in [2.05, 4.69) is 38.1 Å². The van der Waals surface area contributed by atoms with Gasteiger partial charge in [-0.3, -0.25) is 0 Å². The van der Waals surface area contributed by atoms with Gasteiger partial charge in [0, 0.05) is 6.61 Å². The number of aliphatic hydroxyl groups is 1. The lowest BCUT2D eigenvalue weighted by molar-refractivity contribution is 0.215. The second kappa shape index (κ2) is 6.62. The minimum absolute atomic E-state index is 0.313. The van der Waals surface area contributed by atoms with Crippen LogP contribution in [0.25, 0.3) is 0 Å². The predicted octanol–water partition coefficient (Wildman–Crippen LogP) is 3.34. The summed E-state index contributed by atoms with van der Waals surface area (Å²) >= 11 is 0. The first-order chi connectivity index (χ1) is 7.26.